The number of nitrogens with zero attached hydrogens (tertiary/aromatic N) is 2. The molecule has 4 heteroatoms. The van der Waals surface area contributed by atoms with Gasteiger partial charge in [0.15, 0.2) is 5.96 Å². The van der Waals surface area contributed by atoms with Gasteiger partial charge in [0, 0.05) is 25.7 Å². The molecule has 3 N–H and O–H groups in total. The number of nitrogens with two attached hydrogens (primary N) is 1. The van der Waals surface area contributed by atoms with Crippen LogP contribution in [0.5, 0.6) is 0 Å². The van der Waals surface area contributed by atoms with Crippen molar-refractivity contribution in [2.24, 2.45) is 22.6 Å². The van der Waals surface area contributed by atoms with Crippen LogP contribution in [0.1, 0.15) is 40.5 Å². The monoisotopic (exact) mass is 254 g/mol. The number of hydrogen-bond acceptors (Lipinski definition) is 2. The summed E-state index contributed by atoms with van der Waals surface area (Å²) in [5.74, 6) is 1.87. The summed E-state index contributed by atoms with van der Waals surface area (Å²) in [6.07, 6.45) is 2.60. The van der Waals surface area contributed by atoms with Crippen molar-refractivity contribution < 1.29 is 0 Å². The normalized spacial score (nSPS) is 22.8. The molecule has 4 nitrogen and oxygen atoms in total. The van der Waals surface area contributed by atoms with E-state index in [1.165, 1.54) is 25.9 Å². The average molecular weight is 254 g/mol. The maximum absolute atomic E-state index is 5.86. The summed E-state index contributed by atoms with van der Waals surface area (Å²) in [7, 11) is 0. The number of guanidine groups is 1. The molecule has 1 aliphatic rings. The number of rotatable bonds is 5. The Labute approximate surface area is 112 Å². The highest BCUT2D eigenvalue weighted by atomic mass is 15.2. The summed E-state index contributed by atoms with van der Waals surface area (Å²) in [6.45, 7) is 13.0. The van der Waals surface area contributed by atoms with Gasteiger partial charge >= 0.3 is 0 Å². The average Bonchev–Trinajstić information content (AvgIpc) is 2.34. The second-order valence-electron chi connectivity index (χ2n) is 6.10. The summed E-state index contributed by atoms with van der Waals surface area (Å²) in [4.78, 5) is 6.88. The van der Waals surface area contributed by atoms with Crippen LogP contribution in [0, 0.1) is 11.8 Å². The van der Waals surface area contributed by atoms with E-state index in [1.807, 2.05) is 0 Å². The fraction of sp³-hybridized carbons (Fsp3) is 0.929. The number of piperidine rings is 1. The summed E-state index contributed by atoms with van der Waals surface area (Å²) in [5, 5.41) is 3.27. The zero-order valence-electron chi connectivity index (χ0n) is 12.4. The van der Waals surface area contributed by atoms with Crippen LogP contribution in [0.2, 0.25) is 0 Å². The summed E-state index contributed by atoms with van der Waals surface area (Å²) in [6, 6.07) is 0.653. The first-order valence-electron chi connectivity index (χ1n) is 7.27. The molecule has 0 bridgehead atoms. The molecule has 1 saturated heterocycles. The molecule has 0 aromatic carbocycles. The third-order valence-electron chi connectivity index (χ3n) is 3.48. The van der Waals surface area contributed by atoms with Crippen LogP contribution in [0.3, 0.4) is 0 Å². The van der Waals surface area contributed by atoms with Crippen molar-refractivity contribution in [3.63, 3.8) is 0 Å². The van der Waals surface area contributed by atoms with Crippen molar-refractivity contribution in [1.29, 1.82) is 0 Å². The third kappa shape index (κ3) is 5.71. The van der Waals surface area contributed by atoms with Crippen LogP contribution in [-0.4, -0.2) is 43.1 Å². The van der Waals surface area contributed by atoms with E-state index in [9.17, 15) is 0 Å². The molecule has 1 heterocycles. The van der Waals surface area contributed by atoms with Crippen molar-refractivity contribution in [3.05, 3.63) is 0 Å². The number of hydrogen-bond donors (Lipinski definition) is 2. The molecule has 106 valence electrons. The molecule has 0 amide bonds. The van der Waals surface area contributed by atoms with Gasteiger partial charge < -0.3 is 16.0 Å². The Kier molecular flexibility index (Phi) is 6.47. The quantitative estimate of drug-likeness (QED) is 0.579. The Morgan fingerprint density at radius 2 is 2.11 bits per heavy atom. The molecule has 0 aliphatic carbocycles. The van der Waals surface area contributed by atoms with E-state index >= 15 is 0 Å². The van der Waals surface area contributed by atoms with Crippen LogP contribution in [-0.2, 0) is 0 Å². The fourth-order valence-electron chi connectivity index (χ4n) is 2.32. The molecule has 0 saturated carbocycles. The Morgan fingerprint density at radius 3 is 2.72 bits per heavy atom. The van der Waals surface area contributed by atoms with Gasteiger partial charge in [0.2, 0.25) is 0 Å². The Balaban J connectivity index is 2.28. The van der Waals surface area contributed by atoms with Crippen LogP contribution in [0.15, 0.2) is 4.99 Å². The highest BCUT2D eigenvalue weighted by Crippen LogP contribution is 2.17. The van der Waals surface area contributed by atoms with E-state index in [4.69, 9.17) is 5.73 Å². The van der Waals surface area contributed by atoms with Crippen molar-refractivity contribution in [2.45, 2.75) is 46.6 Å². The van der Waals surface area contributed by atoms with Crippen LogP contribution < -0.4 is 11.1 Å². The van der Waals surface area contributed by atoms with E-state index in [1.54, 1.807) is 0 Å². The highest BCUT2D eigenvalue weighted by molar-refractivity contribution is 5.77. The Morgan fingerprint density at radius 1 is 1.39 bits per heavy atom. The zero-order chi connectivity index (χ0) is 13.5. The predicted octanol–water partition coefficient (Wildman–Crippen LogP) is 1.67. The summed E-state index contributed by atoms with van der Waals surface area (Å²) < 4.78 is 0. The van der Waals surface area contributed by atoms with Gasteiger partial charge in [-0.1, -0.05) is 13.8 Å². The molecule has 0 spiro atoms. The highest BCUT2D eigenvalue weighted by Gasteiger charge is 2.21. The van der Waals surface area contributed by atoms with Crippen LogP contribution in [0.4, 0.5) is 0 Å². The van der Waals surface area contributed by atoms with E-state index in [2.05, 4.69) is 42.9 Å². The SMILES string of the molecule is CC(C)CN=C(N)NCC1CCCN(C(C)C)C1. The summed E-state index contributed by atoms with van der Waals surface area (Å²) >= 11 is 0. The van der Waals surface area contributed by atoms with Gasteiger partial charge in [-0.25, -0.2) is 0 Å². The second-order valence-corrected chi connectivity index (χ2v) is 6.10. The molecule has 1 rings (SSSR count). The predicted molar refractivity (Wildman–Crippen MR) is 78.8 cm³/mol. The number of aliphatic imine (C=N–C) groups is 1. The smallest absolute Gasteiger partial charge is 0.188 e. The summed E-state index contributed by atoms with van der Waals surface area (Å²) in [5.41, 5.74) is 5.86. The molecule has 1 fully saturated rings. The zero-order valence-corrected chi connectivity index (χ0v) is 12.4. The lowest BCUT2D eigenvalue weighted by Crippen LogP contribution is -2.45. The molecule has 18 heavy (non-hydrogen) atoms. The van der Waals surface area contributed by atoms with E-state index < -0.39 is 0 Å². The number of likely N-dealkylation sites (tertiary alicyclic amines) is 1. The number of nitrogens with one attached hydrogen (secondary N) is 1. The van der Waals surface area contributed by atoms with Gasteiger partial charge in [0.25, 0.3) is 0 Å². The van der Waals surface area contributed by atoms with Gasteiger partial charge in [0.05, 0.1) is 0 Å². The molecule has 1 atom stereocenters. The lowest BCUT2D eigenvalue weighted by atomic mass is 9.97. The molecule has 0 radical (unpaired) electrons. The van der Waals surface area contributed by atoms with Crippen molar-refractivity contribution in [1.82, 2.24) is 10.2 Å². The maximum Gasteiger partial charge on any atom is 0.188 e. The topological polar surface area (TPSA) is 53.6 Å². The first-order chi connectivity index (χ1) is 8.49. The first-order valence-corrected chi connectivity index (χ1v) is 7.27. The minimum atomic E-state index is 0.566. The van der Waals surface area contributed by atoms with Gasteiger partial charge in [-0.15, -0.1) is 0 Å². The van der Waals surface area contributed by atoms with E-state index in [0.29, 0.717) is 23.8 Å². The van der Waals surface area contributed by atoms with Crippen LogP contribution >= 0.6 is 0 Å². The largest absolute Gasteiger partial charge is 0.370 e. The molecular formula is C14H30N4. The molecule has 0 aromatic heterocycles. The van der Waals surface area contributed by atoms with Gasteiger partial charge in [-0.2, -0.15) is 0 Å². The fourth-order valence-corrected chi connectivity index (χ4v) is 2.32. The van der Waals surface area contributed by atoms with E-state index in [0.717, 1.165) is 13.1 Å². The van der Waals surface area contributed by atoms with Crippen LogP contribution in [0.25, 0.3) is 0 Å². The molecule has 1 aliphatic heterocycles. The van der Waals surface area contributed by atoms with Crippen molar-refractivity contribution in [2.75, 3.05) is 26.2 Å². The van der Waals surface area contributed by atoms with E-state index in [-0.39, 0.29) is 0 Å². The third-order valence-corrected chi connectivity index (χ3v) is 3.48. The van der Waals surface area contributed by atoms with Gasteiger partial charge in [-0.05, 0) is 45.1 Å². The first kappa shape index (κ1) is 15.3. The second kappa shape index (κ2) is 7.62. The minimum Gasteiger partial charge on any atom is -0.370 e. The van der Waals surface area contributed by atoms with Crippen molar-refractivity contribution >= 4 is 5.96 Å². The lowest BCUT2D eigenvalue weighted by Gasteiger charge is -2.35. The minimum absolute atomic E-state index is 0.566. The molecule has 0 aromatic rings. The standard InChI is InChI=1S/C14H30N4/c1-11(2)8-16-14(15)17-9-13-6-5-7-18(10-13)12(3)4/h11-13H,5-10H2,1-4H3,(H3,15,16,17). The van der Waals surface area contributed by atoms with Gasteiger partial charge in [-0.3, -0.25) is 4.99 Å². The molecular weight excluding hydrogens is 224 g/mol. The maximum atomic E-state index is 5.86. The van der Waals surface area contributed by atoms with Crippen molar-refractivity contribution in [3.8, 4) is 0 Å². The Bertz CT molecular complexity index is 261. The lowest BCUT2D eigenvalue weighted by molar-refractivity contribution is 0.141. The van der Waals surface area contributed by atoms with Gasteiger partial charge in [0.1, 0.15) is 0 Å². The Hall–Kier alpha value is -0.770. The molecule has 1 unspecified atom stereocenters.